The van der Waals surface area contributed by atoms with Gasteiger partial charge in [0, 0.05) is 6.20 Å². The molecule has 3 heterocycles. The molecule has 2 N–H and O–H groups in total. The number of nitrogens with one attached hydrogen (secondary N) is 1. The van der Waals surface area contributed by atoms with Crippen molar-refractivity contribution in [1.82, 2.24) is 25.1 Å². The van der Waals surface area contributed by atoms with Gasteiger partial charge in [-0.3, -0.25) is 9.89 Å². The molecule has 146 valence electrons. The van der Waals surface area contributed by atoms with Crippen LogP contribution in [0.3, 0.4) is 0 Å². The maximum atomic E-state index is 14.5. The molecule has 0 saturated heterocycles. The average molecular weight is 404 g/mol. The van der Waals surface area contributed by atoms with Crippen molar-refractivity contribution < 1.29 is 14.3 Å². The molecule has 0 bridgehead atoms. The second kappa shape index (κ2) is 7.09. The fraction of sp³-hybridized carbons (Fsp3) is 0.421. The van der Waals surface area contributed by atoms with E-state index in [2.05, 4.69) is 25.1 Å². The Kier molecular flexibility index (Phi) is 4.74. The van der Waals surface area contributed by atoms with Crippen molar-refractivity contribution in [3.63, 3.8) is 0 Å². The molecule has 1 saturated carbocycles. The third-order valence-electron chi connectivity index (χ3n) is 5.74. The highest BCUT2D eigenvalue weighted by Gasteiger charge is 2.43. The van der Waals surface area contributed by atoms with Gasteiger partial charge in [0.2, 0.25) is 0 Å². The Bertz CT molecular complexity index is 1060. The molecule has 0 radical (unpaired) electrons. The van der Waals surface area contributed by atoms with Gasteiger partial charge in [0.05, 0.1) is 27.7 Å². The van der Waals surface area contributed by atoms with Gasteiger partial charge in [-0.05, 0) is 38.2 Å². The second-order valence-corrected chi connectivity index (χ2v) is 7.92. The standard InChI is InChI=1S/C19H19ClFN5O2/c1-19(18(27)28)5-3-2-4-10(19)6-14-13(21)9-23-17(24-14)15-12-7-11(20)8-22-16(12)26-25-15/h7-10H,2-6H2,1H3,(H,27,28)(H,22,25,26)/t10-,19+/m1/s1. The van der Waals surface area contributed by atoms with E-state index in [0.29, 0.717) is 28.2 Å². The van der Waals surface area contributed by atoms with Crippen LogP contribution >= 0.6 is 11.6 Å². The van der Waals surface area contributed by atoms with Crippen LogP contribution < -0.4 is 0 Å². The van der Waals surface area contributed by atoms with Crippen molar-refractivity contribution in [2.75, 3.05) is 0 Å². The van der Waals surface area contributed by atoms with Crippen LogP contribution in [0.2, 0.25) is 5.02 Å². The van der Waals surface area contributed by atoms with Crippen LogP contribution in [0, 0.1) is 17.2 Å². The fourth-order valence-electron chi connectivity index (χ4n) is 3.96. The maximum absolute atomic E-state index is 14.5. The number of fused-ring (bicyclic) bond motifs is 1. The van der Waals surface area contributed by atoms with Gasteiger partial charge in [-0.2, -0.15) is 5.10 Å². The molecule has 1 aliphatic rings. The van der Waals surface area contributed by atoms with Crippen molar-refractivity contribution >= 4 is 28.6 Å². The van der Waals surface area contributed by atoms with Crippen LogP contribution in [-0.4, -0.2) is 36.2 Å². The summed E-state index contributed by atoms with van der Waals surface area (Å²) in [5.74, 6) is -1.30. The van der Waals surface area contributed by atoms with Crippen LogP contribution in [0.15, 0.2) is 18.5 Å². The van der Waals surface area contributed by atoms with E-state index in [1.54, 1.807) is 13.0 Å². The van der Waals surface area contributed by atoms with Gasteiger partial charge in [-0.25, -0.2) is 19.3 Å². The number of rotatable bonds is 4. The molecular formula is C19H19ClFN5O2. The second-order valence-electron chi connectivity index (χ2n) is 7.48. The Morgan fingerprint density at radius 2 is 2.21 bits per heavy atom. The van der Waals surface area contributed by atoms with Gasteiger partial charge < -0.3 is 5.11 Å². The Balaban J connectivity index is 1.71. The van der Waals surface area contributed by atoms with E-state index < -0.39 is 17.2 Å². The molecule has 9 heteroatoms. The number of carboxylic acid groups (broad SMARTS) is 1. The van der Waals surface area contributed by atoms with Gasteiger partial charge >= 0.3 is 5.97 Å². The predicted molar refractivity (Wildman–Crippen MR) is 101 cm³/mol. The molecule has 3 aromatic rings. The first-order valence-corrected chi connectivity index (χ1v) is 9.51. The predicted octanol–water partition coefficient (Wildman–Crippen LogP) is 4.03. The Morgan fingerprint density at radius 3 is 3.00 bits per heavy atom. The van der Waals surface area contributed by atoms with Crippen molar-refractivity contribution in [3.05, 3.63) is 35.0 Å². The number of halogens is 2. The monoisotopic (exact) mass is 403 g/mol. The summed E-state index contributed by atoms with van der Waals surface area (Å²) < 4.78 is 14.5. The highest BCUT2D eigenvalue weighted by atomic mass is 35.5. The molecular weight excluding hydrogens is 385 g/mol. The molecule has 0 unspecified atom stereocenters. The minimum atomic E-state index is -0.881. The third kappa shape index (κ3) is 3.22. The highest BCUT2D eigenvalue weighted by Crippen LogP contribution is 2.43. The zero-order valence-electron chi connectivity index (χ0n) is 15.2. The van der Waals surface area contributed by atoms with Crippen molar-refractivity contribution in [2.24, 2.45) is 11.3 Å². The number of hydrogen-bond donors (Lipinski definition) is 2. The molecule has 1 fully saturated rings. The lowest BCUT2D eigenvalue weighted by atomic mass is 9.66. The third-order valence-corrected chi connectivity index (χ3v) is 5.95. The molecule has 4 rings (SSSR count). The first-order valence-electron chi connectivity index (χ1n) is 9.13. The van der Waals surface area contributed by atoms with Crippen LogP contribution in [0.4, 0.5) is 4.39 Å². The smallest absolute Gasteiger partial charge is 0.309 e. The van der Waals surface area contributed by atoms with E-state index in [1.807, 2.05) is 0 Å². The van der Waals surface area contributed by atoms with E-state index >= 15 is 0 Å². The fourth-order valence-corrected chi connectivity index (χ4v) is 4.12. The van der Waals surface area contributed by atoms with Crippen LogP contribution in [0.5, 0.6) is 0 Å². The number of carbonyl (C=O) groups is 1. The zero-order chi connectivity index (χ0) is 19.9. The number of aromatic amines is 1. The number of pyridine rings is 1. The summed E-state index contributed by atoms with van der Waals surface area (Å²) in [5, 5.41) is 17.7. The minimum Gasteiger partial charge on any atom is -0.481 e. The lowest BCUT2D eigenvalue weighted by Crippen LogP contribution is -2.39. The number of aromatic nitrogens is 5. The summed E-state index contributed by atoms with van der Waals surface area (Å²) in [6.07, 6.45) is 5.96. The summed E-state index contributed by atoms with van der Waals surface area (Å²) in [6.45, 7) is 1.75. The minimum absolute atomic E-state index is 0.189. The number of carboxylic acids is 1. The van der Waals surface area contributed by atoms with Gasteiger partial charge in [0.25, 0.3) is 0 Å². The largest absolute Gasteiger partial charge is 0.481 e. The zero-order valence-corrected chi connectivity index (χ0v) is 16.0. The van der Waals surface area contributed by atoms with Crippen LogP contribution in [0.25, 0.3) is 22.6 Å². The molecule has 0 amide bonds. The van der Waals surface area contributed by atoms with Crippen LogP contribution in [-0.2, 0) is 11.2 Å². The van der Waals surface area contributed by atoms with Crippen LogP contribution in [0.1, 0.15) is 38.3 Å². The molecule has 0 aliphatic heterocycles. The van der Waals surface area contributed by atoms with Crippen molar-refractivity contribution in [3.8, 4) is 11.5 Å². The molecule has 28 heavy (non-hydrogen) atoms. The maximum Gasteiger partial charge on any atom is 0.309 e. The van der Waals surface area contributed by atoms with Gasteiger partial charge in [-0.1, -0.05) is 24.4 Å². The Labute approximate surface area is 165 Å². The lowest BCUT2D eigenvalue weighted by molar-refractivity contribution is -0.153. The number of nitrogens with zero attached hydrogens (tertiary/aromatic N) is 4. The molecule has 2 atom stereocenters. The van der Waals surface area contributed by atoms with Gasteiger partial charge in [0.1, 0.15) is 5.69 Å². The van der Waals surface area contributed by atoms with E-state index in [1.165, 1.54) is 6.20 Å². The number of aliphatic carboxylic acids is 1. The number of H-pyrrole nitrogens is 1. The van der Waals surface area contributed by atoms with Crippen molar-refractivity contribution in [2.45, 2.75) is 39.0 Å². The van der Waals surface area contributed by atoms with E-state index in [9.17, 15) is 14.3 Å². The first kappa shape index (κ1) is 18.7. The molecule has 1 aliphatic carbocycles. The summed E-state index contributed by atoms with van der Waals surface area (Å²) >= 11 is 6.02. The van der Waals surface area contributed by atoms with E-state index in [4.69, 9.17) is 11.6 Å². The highest BCUT2D eigenvalue weighted by molar-refractivity contribution is 6.31. The Morgan fingerprint density at radius 1 is 1.39 bits per heavy atom. The molecule has 3 aromatic heterocycles. The molecule has 0 spiro atoms. The first-order chi connectivity index (χ1) is 13.4. The SMILES string of the molecule is C[C@]1(C(=O)O)CCCC[C@@H]1Cc1nc(-c2[nH]nc3ncc(Cl)cc23)ncc1F. The number of hydrogen-bond acceptors (Lipinski definition) is 5. The quantitative estimate of drug-likeness (QED) is 0.681. The van der Waals surface area contributed by atoms with E-state index in [-0.39, 0.29) is 23.9 Å². The van der Waals surface area contributed by atoms with Gasteiger partial charge in [0.15, 0.2) is 17.3 Å². The van der Waals surface area contributed by atoms with E-state index in [0.717, 1.165) is 25.5 Å². The molecule has 7 nitrogen and oxygen atoms in total. The summed E-state index contributed by atoms with van der Waals surface area (Å²) in [7, 11) is 0. The normalized spacial score (nSPS) is 22.5. The summed E-state index contributed by atoms with van der Waals surface area (Å²) in [6, 6.07) is 1.69. The van der Waals surface area contributed by atoms with Gasteiger partial charge in [-0.15, -0.1) is 0 Å². The molecule has 0 aromatic carbocycles. The van der Waals surface area contributed by atoms with Crippen molar-refractivity contribution in [1.29, 1.82) is 0 Å². The topological polar surface area (TPSA) is 105 Å². The Hall–Kier alpha value is -2.61. The summed E-state index contributed by atoms with van der Waals surface area (Å²) in [5.41, 5.74) is 0.283. The summed E-state index contributed by atoms with van der Waals surface area (Å²) in [4.78, 5) is 24.4. The lowest BCUT2D eigenvalue weighted by Gasteiger charge is -2.37. The average Bonchev–Trinajstić information content (AvgIpc) is 3.08.